The van der Waals surface area contributed by atoms with Crippen LogP contribution in [0.15, 0.2) is 17.7 Å². The van der Waals surface area contributed by atoms with Crippen LogP contribution in [0.1, 0.15) is 86.5 Å². The molecule has 1 spiro atoms. The smallest absolute Gasteiger partial charge is 0.325 e. The van der Waals surface area contributed by atoms with Crippen molar-refractivity contribution in [3.63, 3.8) is 0 Å². The number of carbonyl (C=O) groups excluding carboxylic acids is 3. The highest BCUT2D eigenvalue weighted by Crippen LogP contribution is 2.38. The Morgan fingerprint density at radius 2 is 2.00 bits per heavy atom. The number of carbonyl (C=O) groups is 3. The van der Waals surface area contributed by atoms with E-state index in [0.29, 0.717) is 12.0 Å². The van der Waals surface area contributed by atoms with Crippen molar-refractivity contribution in [2.45, 2.75) is 90.6 Å². The van der Waals surface area contributed by atoms with E-state index in [1.807, 2.05) is 26.8 Å². The Bertz CT molecular complexity index is 929. The number of imide groups is 1. The van der Waals surface area contributed by atoms with E-state index < -0.39 is 11.6 Å². The first-order valence-electron chi connectivity index (χ1n) is 11.9. The molecular formula is C25H35N3O3. The lowest BCUT2D eigenvalue weighted by molar-refractivity contribution is -0.133. The minimum absolute atomic E-state index is 0.0944. The number of rotatable bonds is 6. The topological polar surface area (TPSA) is 71.4 Å². The third kappa shape index (κ3) is 3.97. The fraction of sp³-hybridized carbons (Fsp3) is 0.640. The fourth-order valence-electron chi connectivity index (χ4n) is 5.68. The van der Waals surface area contributed by atoms with Gasteiger partial charge in [-0.1, -0.05) is 31.4 Å². The van der Waals surface area contributed by atoms with Crippen LogP contribution in [0, 0.1) is 19.8 Å². The number of ketones is 1. The van der Waals surface area contributed by atoms with E-state index in [0.717, 1.165) is 48.5 Å². The molecule has 2 fully saturated rings. The summed E-state index contributed by atoms with van der Waals surface area (Å²) in [5, 5.41) is 2.94. The second-order valence-electron chi connectivity index (χ2n) is 9.66. The number of allylic oxidation sites excluding steroid dienone is 2. The minimum atomic E-state index is -0.819. The number of aromatic nitrogens is 1. The van der Waals surface area contributed by atoms with Crippen LogP contribution < -0.4 is 5.32 Å². The van der Waals surface area contributed by atoms with Gasteiger partial charge in [-0.3, -0.25) is 14.5 Å². The highest BCUT2D eigenvalue weighted by molar-refractivity contribution is 6.11. The normalized spacial score (nSPS) is 26.4. The molecule has 6 heteroatoms. The molecule has 2 atom stereocenters. The molecule has 2 heterocycles. The van der Waals surface area contributed by atoms with Crippen molar-refractivity contribution < 1.29 is 14.4 Å². The zero-order valence-electron chi connectivity index (χ0n) is 19.1. The minimum Gasteiger partial charge on any atom is -0.348 e. The molecule has 1 N–H and O–H groups in total. The van der Waals surface area contributed by atoms with Crippen molar-refractivity contribution in [2.24, 2.45) is 5.92 Å². The van der Waals surface area contributed by atoms with Crippen LogP contribution in [-0.2, 0) is 11.3 Å². The van der Waals surface area contributed by atoms with Gasteiger partial charge in [0.1, 0.15) is 5.54 Å². The van der Waals surface area contributed by atoms with Gasteiger partial charge in [-0.2, -0.15) is 0 Å². The van der Waals surface area contributed by atoms with Gasteiger partial charge in [0.2, 0.25) is 0 Å². The standard InChI is InChI=1S/C25H35N3O3/c1-17-9-7-8-13-25(17)23(30)28(24(31)26-25)16-22(29)21-15-18(2)27(19(21)3)14-12-20-10-5-4-6-11-20/h10,15,17H,4-9,11-14,16H2,1-3H3,(H,26,31). The molecule has 3 amide bonds. The van der Waals surface area contributed by atoms with E-state index in [-0.39, 0.29) is 24.2 Å². The average Bonchev–Trinajstić information content (AvgIpc) is 3.17. The number of nitrogens with one attached hydrogen (secondary N) is 1. The van der Waals surface area contributed by atoms with Crippen molar-refractivity contribution in [3.8, 4) is 0 Å². The number of Topliss-reactive ketones (excluding diaryl/α,β-unsaturated/α-hetero) is 1. The number of amides is 3. The molecule has 0 aromatic carbocycles. The van der Waals surface area contributed by atoms with Crippen molar-refractivity contribution in [3.05, 3.63) is 34.7 Å². The second kappa shape index (κ2) is 8.64. The number of hydrogen-bond donors (Lipinski definition) is 1. The Labute approximate surface area is 185 Å². The van der Waals surface area contributed by atoms with Gasteiger partial charge < -0.3 is 9.88 Å². The predicted octanol–water partition coefficient (Wildman–Crippen LogP) is 4.68. The number of urea groups is 1. The molecule has 6 nitrogen and oxygen atoms in total. The van der Waals surface area contributed by atoms with Crippen molar-refractivity contribution >= 4 is 17.7 Å². The Morgan fingerprint density at radius 1 is 1.19 bits per heavy atom. The van der Waals surface area contributed by atoms with Crippen molar-refractivity contribution in [1.29, 1.82) is 0 Å². The van der Waals surface area contributed by atoms with Gasteiger partial charge in [0.25, 0.3) is 5.91 Å². The highest BCUT2D eigenvalue weighted by Gasteiger charge is 2.55. The summed E-state index contributed by atoms with van der Waals surface area (Å²) in [7, 11) is 0. The molecule has 2 aliphatic carbocycles. The SMILES string of the molecule is Cc1cc(C(=O)CN2C(=O)NC3(CCCCC3C)C2=O)c(C)n1CCC1=CCCCC1. The number of aryl methyl sites for hydroxylation is 1. The summed E-state index contributed by atoms with van der Waals surface area (Å²) in [5.74, 6) is -0.298. The van der Waals surface area contributed by atoms with Crippen LogP contribution in [0.4, 0.5) is 4.79 Å². The van der Waals surface area contributed by atoms with E-state index >= 15 is 0 Å². The third-order valence-corrected chi connectivity index (χ3v) is 7.72. The van der Waals surface area contributed by atoms with E-state index in [2.05, 4.69) is 16.0 Å². The van der Waals surface area contributed by atoms with Crippen LogP contribution >= 0.6 is 0 Å². The predicted molar refractivity (Wildman–Crippen MR) is 120 cm³/mol. The molecule has 1 aromatic heterocycles. The molecule has 1 saturated heterocycles. The second-order valence-corrected chi connectivity index (χ2v) is 9.66. The Balaban J connectivity index is 1.47. The summed E-state index contributed by atoms with van der Waals surface area (Å²) >= 11 is 0. The summed E-state index contributed by atoms with van der Waals surface area (Å²) in [4.78, 5) is 40.1. The average molecular weight is 426 g/mol. The summed E-state index contributed by atoms with van der Waals surface area (Å²) in [6.45, 7) is 6.69. The summed E-state index contributed by atoms with van der Waals surface area (Å²) in [5.41, 5.74) is 3.28. The maximum Gasteiger partial charge on any atom is 0.325 e. The van der Waals surface area contributed by atoms with E-state index in [1.54, 1.807) is 0 Å². The number of nitrogens with zero attached hydrogens (tertiary/aromatic N) is 2. The monoisotopic (exact) mass is 425 g/mol. The van der Waals surface area contributed by atoms with Crippen LogP contribution in [-0.4, -0.2) is 39.3 Å². The molecule has 2 unspecified atom stereocenters. The molecule has 1 aliphatic heterocycles. The maximum atomic E-state index is 13.2. The van der Waals surface area contributed by atoms with Crippen molar-refractivity contribution in [1.82, 2.24) is 14.8 Å². The third-order valence-electron chi connectivity index (χ3n) is 7.72. The first-order valence-corrected chi connectivity index (χ1v) is 11.9. The summed E-state index contributed by atoms with van der Waals surface area (Å²) in [6, 6.07) is 1.48. The molecule has 31 heavy (non-hydrogen) atoms. The zero-order valence-corrected chi connectivity index (χ0v) is 19.1. The largest absolute Gasteiger partial charge is 0.348 e. The van der Waals surface area contributed by atoms with Gasteiger partial charge in [-0.25, -0.2) is 4.79 Å². The van der Waals surface area contributed by atoms with E-state index in [4.69, 9.17) is 0 Å². The highest BCUT2D eigenvalue weighted by atomic mass is 16.2. The Kier molecular flexibility index (Phi) is 6.09. The van der Waals surface area contributed by atoms with E-state index in [9.17, 15) is 14.4 Å². The zero-order chi connectivity index (χ0) is 22.2. The van der Waals surface area contributed by atoms with Crippen LogP contribution in [0.5, 0.6) is 0 Å². The van der Waals surface area contributed by atoms with Crippen LogP contribution in [0.2, 0.25) is 0 Å². The Hall–Kier alpha value is -2.37. The maximum absolute atomic E-state index is 13.2. The van der Waals surface area contributed by atoms with Crippen LogP contribution in [0.3, 0.4) is 0 Å². The van der Waals surface area contributed by atoms with Gasteiger partial charge in [0, 0.05) is 23.5 Å². The first kappa shape index (κ1) is 21.8. The van der Waals surface area contributed by atoms with Gasteiger partial charge in [-0.05, 0) is 70.8 Å². The molecule has 4 rings (SSSR count). The lowest BCUT2D eigenvalue weighted by Gasteiger charge is -2.36. The van der Waals surface area contributed by atoms with Crippen molar-refractivity contribution in [2.75, 3.05) is 6.54 Å². The summed E-state index contributed by atoms with van der Waals surface area (Å²) in [6.07, 6.45) is 11.9. The van der Waals surface area contributed by atoms with Gasteiger partial charge in [0.05, 0.1) is 6.54 Å². The lowest BCUT2D eigenvalue weighted by Crippen LogP contribution is -2.54. The molecular weight excluding hydrogens is 390 g/mol. The molecule has 1 saturated carbocycles. The Morgan fingerprint density at radius 3 is 2.71 bits per heavy atom. The summed E-state index contributed by atoms with van der Waals surface area (Å²) < 4.78 is 2.19. The van der Waals surface area contributed by atoms with Gasteiger partial charge in [0.15, 0.2) is 5.78 Å². The molecule has 1 aromatic rings. The number of hydrogen-bond acceptors (Lipinski definition) is 3. The molecule has 0 radical (unpaired) electrons. The quantitative estimate of drug-likeness (QED) is 0.409. The van der Waals surface area contributed by atoms with Gasteiger partial charge in [-0.15, -0.1) is 0 Å². The molecule has 3 aliphatic rings. The van der Waals surface area contributed by atoms with Crippen LogP contribution in [0.25, 0.3) is 0 Å². The van der Waals surface area contributed by atoms with E-state index in [1.165, 1.54) is 31.3 Å². The molecule has 168 valence electrons. The first-order chi connectivity index (χ1) is 14.8. The molecule has 0 bridgehead atoms. The fourth-order valence-corrected chi connectivity index (χ4v) is 5.68. The van der Waals surface area contributed by atoms with Gasteiger partial charge >= 0.3 is 6.03 Å². The lowest BCUT2D eigenvalue weighted by atomic mass is 9.73.